The molecule has 0 saturated carbocycles. The van der Waals surface area contributed by atoms with Crippen molar-refractivity contribution >= 4 is 11.8 Å². The van der Waals surface area contributed by atoms with Crippen molar-refractivity contribution in [2.75, 3.05) is 14.2 Å². The van der Waals surface area contributed by atoms with Gasteiger partial charge in [0.05, 0.1) is 19.1 Å². The Kier molecular flexibility index (Phi) is 7.36. The van der Waals surface area contributed by atoms with E-state index < -0.39 is 5.92 Å². The van der Waals surface area contributed by atoms with Gasteiger partial charge in [0, 0.05) is 6.42 Å². The highest BCUT2D eigenvalue weighted by Gasteiger charge is 2.26. The van der Waals surface area contributed by atoms with Crippen LogP contribution in [0.3, 0.4) is 0 Å². The van der Waals surface area contributed by atoms with E-state index in [1.54, 1.807) is 7.05 Å². The number of carbonyl (C=O) groups is 2. The number of ketones is 1. The largest absolute Gasteiger partial charge is 0.469 e. The molecule has 2 atom stereocenters. The molecule has 0 fully saturated rings. The number of likely N-dealkylation sites (N-methyl/N-ethyl adjacent to an activating group) is 1. The lowest BCUT2D eigenvalue weighted by Gasteiger charge is -2.19. The summed E-state index contributed by atoms with van der Waals surface area (Å²) in [5.41, 5.74) is 2.11. The molecule has 0 aliphatic rings. The van der Waals surface area contributed by atoms with Crippen LogP contribution < -0.4 is 5.32 Å². The average Bonchev–Trinajstić information content (AvgIpc) is 2.66. The molecule has 2 rings (SSSR count). The zero-order valence-corrected chi connectivity index (χ0v) is 14.8. The molecule has 4 heteroatoms. The van der Waals surface area contributed by atoms with Crippen molar-refractivity contribution in [2.45, 2.75) is 25.3 Å². The summed E-state index contributed by atoms with van der Waals surface area (Å²) in [4.78, 5) is 24.9. The fourth-order valence-electron chi connectivity index (χ4n) is 2.92. The van der Waals surface area contributed by atoms with E-state index in [0.29, 0.717) is 12.8 Å². The van der Waals surface area contributed by atoms with Crippen molar-refractivity contribution in [1.29, 1.82) is 0 Å². The van der Waals surface area contributed by atoms with Gasteiger partial charge in [-0.3, -0.25) is 9.59 Å². The summed E-state index contributed by atoms with van der Waals surface area (Å²) in [7, 11) is 3.14. The van der Waals surface area contributed by atoms with Crippen LogP contribution in [0.1, 0.15) is 17.5 Å². The molecule has 0 aliphatic heterocycles. The predicted molar refractivity (Wildman–Crippen MR) is 98.3 cm³/mol. The van der Waals surface area contributed by atoms with E-state index in [9.17, 15) is 9.59 Å². The molecule has 0 radical (unpaired) electrons. The second-order valence-corrected chi connectivity index (χ2v) is 6.11. The smallest absolute Gasteiger partial charge is 0.309 e. The highest BCUT2D eigenvalue weighted by atomic mass is 16.5. The molecule has 0 aromatic heterocycles. The zero-order chi connectivity index (χ0) is 18.1. The molecule has 0 bridgehead atoms. The Morgan fingerprint density at radius 1 is 0.920 bits per heavy atom. The first-order valence-corrected chi connectivity index (χ1v) is 8.49. The van der Waals surface area contributed by atoms with Gasteiger partial charge in [0.2, 0.25) is 0 Å². The SMILES string of the molecule is CNC(Cc1ccccc1)C(=O)CC(Cc1ccccc1)C(=O)OC. The van der Waals surface area contributed by atoms with Gasteiger partial charge in [-0.25, -0.2) is 0 Å². The Morgan fingerprint density at radius 3 is 1.92 bits per heavy atom. The molecule has 0 spiro atoms. The Balaban J connectivity index is 2.05. The number of Topliss-reactive ketones (excluding diaryl/α,β-unsaturated/α-hetero) is 1. The summed E-state index contributed by atoms with van der Waals surface area (Å²) < 4.78 is 4.91. The van der Waals surface area contributed by atoms with Crippen molar-refractivity contribution in [3.05, 3.63) is 71.8 Å². The van der Waals surface area contributed by atoms with Crippen LogP contribution in [0.2, 0.25) is 0 Å². The fraction of sp³-hybridized carbons (Fsp3) is 0.333. The van der Waals surface area contributed by atoms with E-state index >= 15 is 0 Å². The molecule has 2 unspecified atom stereocenters. The molecule has 0 saturated heterocycles. The standard InChI is InChI=1S/C21H25NO3/c1-22-19(14-17-11-7-4-8-12-17)20(23)15-18(21(24)25-2)13-16-9-5-3-6-10-16/h3-12,18-19,22H,13-15H2,1-2H3. The lowest BCUT2D eigenvalue weighted by molar-refractivity contribution is -0.147. The van der Waals surface area contributed by atoms with Crippen molar-refractivity contribution in [1.82, 2.24) is 5.32 Å². The van der Waals surface area contributed by atoms with Crippen LogP contribution in [0.15, 0.2) is 60.7 Å². The maximum absolute atomic E-state index is 12.7. The van der Waals surface area contributed by atoms with Crippen molar-refractivity contribution in [3.63, 3.8) is 0 Å². The Hall–Kier alpha value is -2.46. The molecule has 0 heterocycles. The van der Waals surface area contributed by atoms with Crippen LogP contribution in [-0.4, -0.2) is 32.0 Å². The van der Waals surface area contributed by atoms with Gasteiger partial charge in [-0.15, -0.1) is 0 Å². The number of carbonyl (C=O) groups excluding carboxylic acids is 2. The van der Waals surface area contributed by atoms with Gasteiger partial charge < -0.3 is 10.1 Å². The number of ether oxygens (including phenoxy) is 1. The van der Waals surface area contributed by atoms with Gasteiger partial charge in [-0.05, 0) is 31.0 Å². The summed E-state index contributed by atoms with van der Waals surface area (Å²) in [5.74, 6) is -0.782. The van der Waals surface area contributed by atoms with Gasteiger partial charge in [0.15, 0.2) is 5.78 Å². The Bertz CT molecular complexity index is 670. The van der Waals surface area contributed by atoms with Gasteiger partial charge >= 0.3 is 5.97 Å². The van der Waals surface area contributed by atoms with E-state index in [-0.39, 0.29) is 24.2 Å². The lowest BCUT2D eigenvalue weighted by Crippen LogP contribution is -2.38. The van der Waals surface area contributed by atoms with Crippen molar-refractivity contribution in [3.8, 4) is 0 Å². The normalized spacial score (nSPS) is 13.0. The maximum Gasteiger partial charge on any atom is 0.309 e. The first-order chi connectivity index (χ1) is 12.1. The highest BCUT2D eigenvalue weighted by Crippen LogP contribution is 2.17. The predicted octanol–water partition coefficient (Wildman–Crippen LogP) is 2.81. The second-order valence-electron chi connectivity index (χ2n) is 6.11. The number of hydrogen-bond acceptors (Lipinski definition) is 4. The second kappa shape index (κ2) is 9.74. The van der Waals surface area contributed by atoms with E-state index in [1.165, 1.54) is 7.11 Å². The highest BCUT2D eigenvalue weighted by molar-refractivity contribution is 5.88. The summed E-state index contributed by atoms with van der Waals surface area (Å²) in [6.45, 7) is 0. The molecule has 25 heavy (non-hydrogen) atoms. The van der Waals surface area contributed by atoms with Crippen LogP contribution in [-0.2, 0) is 27.2 Å². The van der Waals surface area contributed by atoms with Crippen LogP contribution >= 0.6 is 0 Å². The first kappa shape index (κ1) is 18.9. The van der Waals surface area contributed by atoms with Crippen LogP contribution in [0.4, 0.5) is 0 Å². The van der Waals surface area contributed by atoms with Gasteiger partial charge in [-0.1, -0.05) is 60.7 Å². The van der Waals surface area contributed by atoms with Crippen LogP contribution in [0.25, 0.3) is 0 Å². The molecular formula is C21H25NO3. The van der Waals surface area contributed by atoms with Gasteiger partial charge in [0.25, 0.3) is 0 Å². The number of esters is 1. The van der Waals surface area contributed by atoms with Crippen molar-refractivity contribution < 1.29 is 14.3 Å². The molecule has 2 aromatic rings. The first-order valence-electron chi connectivity index (χ1n) is 8.49. The van der Waals surface area contributed by atoms with E-state index in [4.69, 9.17) is 4.74 Å². The minimum atomic E-state index is -0.466. The van der Waals surface area contributed by atoms with E-state index in [0.717, 1.165) is 11.1 Å². The molecular weight excluding hydrogens is 314 g/mol. The van der Waals surface area contributed by atoms with E-state index in [1.807, 2.05) is 60.7 Å². The molecule has 132 valence electrons. The third kappa shape index (κ3) is 5.84. The third-order valence-corrected chi connectivity index (χ3v) is 4.33. The summed E-state index contributed by atoms with van der Waals surface area (Å²) in [6.07, 6.45) is 1.27. The zero-order valence-electron chi connectivity index (χ0n) is 14.8. The fourth-order valence-corrected chi connectivity index (χ4v) is 2.92. The Labute approximate surface area is 149 Å². The molecule has 4 nitrogen and oxygen atoms in total. The minimum absolute atomic E-state index is 0.0256. The van der Waals surface area contributed by atoms with Gasteiger partial charge in [-0.2, -0.15) is 0 Å². The average molecular weight is 339 g/mol. The number of nitrogens with one attached hydrogen (secondary N) is 1. The summed E-state index contributed by atoms with van der Waals surface area (Å²) >= 11 is 0. The van der Waals surface area contributed by atoms with Crippen molar-refractivity contribution in [2.24, 2.45) is 5.92 Å². The molecule has 0 aliphatic carbocycles. The monoisotopic (exact) mass is 339 g/mol. The molecule has 2 aromatic carbocycles. The number of rotatable bonds is 9. The topological polar surface area (TPSA) is 55.4 Å². The summed E-state index contributed by atoms with van der Waals surface area (Å²) in [5, 5.41) is 3.07. The van der Waals surface area contributed by atoms with Crippen LogP contribution in [0.5, 0.6) is 0 Å². The molecule has 1 N–H and O–H groups in total. The lowest BCUT2D eigenvalue weighted by atomic mass is 9.90. The maximum atomic E-state index is 12.7. The van der Waals surface area contributed by atoms with Gasteiger partial charge in [0.1, 0.15) is 0 Å². The van der Waals surface area contributed by atoms with Crippen LogP contribution in [0, 0.1) is 5.92 Å². The number of benzene rings is 2. The Morgan fingerprint density at radius 2 is 1.44 bits per heavy atom. The molecule has 0 amide bonds. The number of methoxy groups -OCH3 is 1. The minimum Gasteiger partial charge on any atom is -0.469 e. The quantitative estimate of drug-likeness (QED) is 0.714. The summed E-state index contributed by atoms with van der Waals surface area (Å²) in [6, 6.07) is 19.3. The third-order valence-electron chi connectivity index (χ3n) is 4.33. The van der Waals surface area contributed by atoms with E-state index in [2.05, 4.69) is 5.32 Å². The number of hydrogen-bond donors (Lipinski definition) is 1.